The van der Waals surface area contributed by atoms with E-state index in [1.807, 2.05) is 31.2 Å². The van der Waals surface area contributed by atoms with Crippen LogP contribution in [0.4, 0.5) is 5.69 Å². The zero-order chi connectivity index (χ0) is 15.2. The molecule has 3 heteroatoms. The Bertz CT molecular complexity index is 617. The lowest BCUT2D eigenvalue weighted by molar-refractivity contribution is -0.113. The lowest BCUT2D eigenvalue weighted by atomic mass is 10.1. The minimum atomic E-state index is 0.0543. The first-order chi connectivity index (χ1) is 10.0. The fourth-order valence-corrected chi connectivity index (χ4v) is 3.08. The molecule has 0 aliphatic rings. The highest BCUT2D eigenvalue weighted by atomic mass is 32.2. The van der Waals surface area contributed by atoms with Crippen LogP contribution in [0, 0.1) is 20.8 Å². The molecule has 1 N–H and O–H groups in total. The second-order valence-electron chi connectivity index (χ2n) is 5.35. The Balaban J connectivity index is 1.83. The summed E-state index contributed by atoms with van der Waals surface area (Å²) in [5, 5.41) is 2.96. The van der Waals surface area contributed by atoms with Gasteiger partial charge in [0.05, 0.1) is 5.75 Å². The molecule has 0 unspecified atom stereocenters. The van der Waals surface area contributed by atoms with Crippen molar-refractivity contribution in [3.05, 3.63) is 64.7 Å². The lowest BCUT2D eigenvalue weighted by Gasteiger charge is -2.08. The van der Waals surface area contributed by atoms with Crippen molar-refractivity contribution in [1.82, 2.24) is 0 Å². The van der Waals surface area contributed by atoms with Crippen LogP contribution in [0.5, 0.6) is 0 Å². The Labute approximate surface area is 131 Å². The molecule has 0 aliphatic heterocycles. The Morgan fingerprint density at radius 2 is 1.71 bits per heavy atom. The van der Waals surface area contributed by atoms with Crippen LogP contribution >= 0.6 is 11.8 Å². The van der Waals surface area contributed by atoms with Crippen molar-refractivity contribution in [2.75, 3.05) is 11.1 Å². The van der Waals surface area contributed by atoms with Crippen LogP contribution in [0.2, 0.25) is 0 Å². The molecule has 2 nitrogen and oxygen atoms in total. The van der Waals surface area contributed by atoms with E-state index in [0.29, 0.717) is 5.75 Å². The molecule has 0 bridgehead atoms. The Kier molecular flexibility index (Phi) is 5.45. The van der Waals surface area contributed by atoms with Crippen molar-refractivity contribution in [3.8, 4) is 0 Å². The highest BCUT2D eigenvalue weighted by molar-refractivity contribution is 7.99. The SMILES string of the molecule is Cc1cc(C)cc(CSCC(=O)Nc2ccccc2C)c1. The second-order valence-corrected chi connectivity index (χ2v) is 6.34. The largest absolute Gasteiger partial charge is 0.325 e. The first-order valence-electron chi connectivity index (χ1n) is 7.05. The van der Waals surface area contributed by atoms with Gasteiger partial charge in [0.2, 0.25) is 5.91 Å². The summed E-state index contributed by atoms with van der Waals surface area (Å²) >= 11 is 1.64. The van der Waals surface area contributed by atoms with Gasteiger partial charge in [0, 0.05) is 11.4 Å². The number of anilines is 1. The molecule has 0 aliphatic carbocycles. The Morgan fingerprint density at radius 3 is 2.38 bits per heavy atom. The summed E-state index contributed by atoms with van der Waals surface area (Å²) in [7, 11) is 0. The Hall–Kier alpha value is -1.74. The van der Waals surface area contributed by atoms with Crippen molar-refractivity contribution in [3.63, 3.8) is 0 Å². The Morgan fingerprint density at radius 1 is 1.05 bits per heavy atom. The van der Waals surface area contributed by atoms with Gasteiger partial charge in [-0.15, -0.1) is 11.8 Å². The van der Waals surface area contributed by atoms with Crippen LogP contribution in [0.1, 0.15) is 22.3 Å². The van der Waals surface area contributed by atoms with Crippen LogP contribution in [0.3, 0.4) is 0 Å². The fourth-order valence-electron chi connectivity index (χ4n) is 2.31. The molecule has 0 saturated heterocycles. The number of amides is 1. The third-order valence-electron chi connectivity index (χ3n) is 3.20. The van der Waals surface area contributed by atoms with Crippen molar-refractivity contribution < 1.29 is 4.79 Å². The van der Waals surface area contributed by atoms with E-state index < -0.39 is 0 Å². The predicted molar refractivity (Wildman–Crippen MR) is 91.9 cm³/mol. The number of para-hydroxylation sites is 1. The van der Waals surface area contributed by atoms with Gasteiger partial charge >= 0.3 is 0 Å². The van der Waals surface area contributed by atoms with E-state index in [0.717, 1.165) is 17.0 Å². The number of rotatable bonds is 5. The number of carbonyl (C=O) groups excluding carboxylic acids is 1. The third kappa shape index (κ3) is 4.94. The number of hydrogen-bond donors (Lipinski definition) is 1. The summed E-state index contributed by atoms with van der Waals surface area (Å²) in [6.07, 6.45) is 0. The van der Waals surface area contributed by atoms with E-state index >= 15 is 0 Å². The number of nitrogens with one attached hydrogen (secondary N) is 1. The van der Waals surface area contributed by atoms with Crippen LogP contribution in [-0.2, 0) is 10.5 Å². The van der Waals surface area contributed by atoms with Crippen LogP contribution in [0.15, 0.2) is 42.5 Å². The zero-order valence-corrected chi connectivity index (χ0v) is 13.6. The average molecular weight is 299 g/mol. The molecule has 0 spiro atoms. The van der Waals surface area contributed by atoms with Crippen LogP contribution in [0.25, 0.3) is 0 Å². The highest BCUT2D eigenvalue weighted by Gasteiger charge is 2.05. The number of carbonyl (C=O) groups is 1. The van der Waals surface area contributed by atoms with Gasteiger partial charge < -0.3 is 5.32 Å². The van der Waals surface area contributed by atoms with Crippen molar-refractivity contribution >= 4 is 23.4 Å². The molecule has 0 aromatic heterocycles. The maximum atomic E-state index is 12.0. The first kappa shape index (κ1) is 15.6. The second kappa shape index (κ2) is 7.32. The van der Waals surface area contributed by atoms with E-state index in [-0.39, 0.29) is 5.91 Å². The maximum Gasteiger partial charge on any atom is 0.234 e. The molecule has 2 aromatic carbocycles. The molecule has 0 saturated carbocycles. The molecular formula is C18H21NOS. The van der Waals surface area contributed by atoms with Gasteiger partial charge in [-0.2, -0.15) is 0 Å². The minimum Gasteiger partial charge on any atom is -0.325 e. The molecular weight excluding hydrogens is 278 g/mol. The van der Waals surface area contributed by atoms with Gasteiger partial charge in [-0.25, -0.2) is 0 Å². The van der Waals surface area contributed by atoms with Crippen molar-refractivity contribution in [2.24, 2.45) is 0 Å². The monoisotopic (exact) mass is 299 g/mol. The molecule has 2 aromatic rings. The molecule has 0 radical (unpaired) electrons. The average Bonchev–Trinajstić information content (AvgIpc) is 2.40. The number of hydrogen-bond acceptors (Lipinski definition) is 2. The van der Waals surface area contributed by atoms with E-state index in [2.05, 4.69) is 37.4 Å². The molecule has 2 rings (SSSR count). The van der Waals surface area contributed by atoms with Crippen LogP contribution in [-0.4, -0.2) is 11.7 Å². The summed E-state index contributed by atoms with van der Waals surface area (Å²) in [6.45, 7) is 6.20. The summed E-state index contributed by atoms with van der Waals surface area (Å²) < 4.78 is 0. The van der Waals surface area contributed by atoms with Gasteiger partial charge in [0.25, 0.3) is 0 Å². The zero-order valence-electron chi connectivity index (χ0n) is 12.8. The summed E-state index contributed by atoms with van der Waals surface area (Å²) in [5.74, 6) is 1.39. The summed E-state index contributed by atoms with van der Waals surface area (Å²) in [5.41, 5.74) is 5.81. The molecule has 1 amide bonds. The third-order valence-corrected chi connectivity index (χ3v) is 4.21. The van der Waals surface area contributed by atoms with Crippen LogP contribution < -0.4 is 5.32 Å². The number of aryl methyl sites for hydroxylation is 3. The maximum absolute atomic E-state index is 12.0. The minimum absolute atomic E-state index is 0.0543. The van der Waals surface area contributed by atoms with E-state index in [4.69, 9.17) is 0 Å². The molecule has 110 valence electrons. The standard InChI is InChI=1S/C18H21NOS/c1-13-8-14(2)10-16(9-13)11-21-12-18(20)19-17-7-5-4-6-15(17)3/h4-10H,11-12H2,1-3H3,(H,19,20). The van der Waals surface area contributed by atoms with Gasteiger partial charge in [-0.3, -0.25) is 4.79 Å². The van der Waals surface area contributed by atoms with Gasteiger partial charge in [0.1, 0.15) is 0 Å². The number of benzene rings is 2. The molecule has 0 heterocycles. The smallest absolute Gasteiger partial charge is 0.234 e. The van der Waals surface area contributed by atoms with E-state index in [1.165, 1.54) is 16.7 Å². The lowest BCUT2D eigenvalue weighted by Crippen LogP contribution is -2.14. The van der Waals surface area contributed by atoms with E-state index in [9.17, 15) is 4.79 Å². The highest BCUT2D eigenvalue weighted by Crippen LogP contribution is 2.17. The van der Waals surface area contributed by atoms with Gasteiger partial charge in [0.15, 0.2) is 0 Å². The first-order valence-corrected chi connectivity index (χ1v) is 8.20. The molecule has 21 heavy (non-hydrogen) atoms. The van der Waals surface area contributed by atoms with Crippen molar-refractivity contribution in [1.29, 1.82) is 0 Å². The summed E-state index contributed by atoms with van der Waals surface area (Å²) in [6, 6.07) is 14.4. The normalized spacial score (nSPS) is 10.4. The fraction of sp³-hybridized carbons (Fsp3) is 0.278. The van der Waals surface area contributed by atoms with Gasteiger partial charge in [-0.05, 0) is 38.0 Å². The molecule has 0 fully saturated rings. The van der Waals surface area contributed by atoms with E-state index in [1.54, 1.807) is 11.8 Å². The molecule has 0 atom stereocenters. The number of thioether (sulfide) groups is 1. The van der Waals surface area contributed by atoms with Crippen molar-refractivity contribution in [2.45, 2.75) is 26.5 Å². The topological polar surface area (TPSA) is 29.1 Å². The predicted octanol–water partition coefficient (Wildman–Crippen LogP) is 4.48. The van der Waals surface area contributed by atoms with Gasteiger partial charge in [-0.1, -0.05) is 47.5 Å². The quantitative estimate of drug-likeness (QED) is 0.881. The summed E-state index contributed by atoms with van der Waals surface area (Å²) in [4.78, 5) is 12.0.